The molecule has 0 fully saturated rings. The van der Waals surface area contributed by atoms with E-state index < -0.39 is 0 Å². The van der Waals surface area contributed by atoms with Crippen molar-refractivity contribution in [3.8, 4) is 0 Å². The van der Waals surface area contributed by atoms with Gasteiger partial charge >= 0.3 is 0 Å². The van der Waals surface area contributed by atoms with Gasteiger partial charge in [-0.15, -0.1) is 0 Å². The van der Waals surface area contributed by atoms with Crippen molar-refractivity contribution in [1.82, 2.24) is 19.9 Å². The summed E-state index contributed by atoms with van der Waals surface area (Å²) in [4.78, 5) is 8.93. The fraction of sp³-hybridized carbons (Fsp3) is 0.429. The van der Waals surface area contributed by atoms with Crippen LogP contribution in [-0.2, 0) is 13.5 Å². The van der Waals surface area contributed by atoms with Gasteiger partial charge < -0.3 is 9.88 Å². The van der Waals surface area contributed by atoms with E-state index in [2.05, 4.69) is 32.0 Å². The van der Waals surface area contributed by atoms with Gasteiger partial charge in [0.1, 0.15) is 5.82 Å². The molecule has 2 heterocycles. The Morgan fingerprint density at radius 2 is 2.22 bits per heavy atom. The van der Waals surface area contributed by atoms with Crippen molar-refractivity contribution in [3.05, 3.63) is 47.8 Å². The first-order chi connectivity index (χ1) is 8.70. The SMILES string of the molecule is CNC(CCc1nccn1C)c1cccc(C)n1. The van der Waals surface area contributed by atoms with E-state index >= 15 is 0 Å². The third kappa shape index (κ3) is 2.96. The molecule has 0 aliphatic heterocycles. The van der Waals surface area contributed by atoms with Gasteiger partial charge in [0.25, 0.3) is 0 Å². The van der Waals surface area contributed by atoms with Crippen LogP contribution in [0.3, 0.4) is 0 Å². The van der Waals surface area contributed by atoms with Gasteiger partial charge in [0.2, 0.25) is 0 Å². The van der Waals surface area contributed by atoms with Gasteiger partial charge in [-0.1, -0.05) is 6.07 Å². The maximum absolute atomic E-state index is 4.58. The molecule has 18 heavy (non-hydrogen) atoms. The van der Waals surface area contributed by atoms with E-state index in [1.807, 2.05) is 39.5 Å². The smallest absolute Gasteiger partial charge is 0.108 e. The minimum absolute atomic E-state index is 0.279. The first-order valence-electron chi connectivity index (χ1n) is 6.27. The number of hydrogen-bond acceptors (Lipinski definition) is 3. The Hall–Kier alpha value is -1.68. The molecule has 4 nitrogen and oxygen atoms in total. The monoisotopic (exact) mass is 244 g/mol. The van der Waals surface area contributed by atoms with Crippen LogP contribution in [0, 0.1) is 6.92 Å². The van der Waals surface area contributed by atoms with Gasteiger partial charge in [-0.2, -0.15) is 0 Å². The first kappa shape index (κ1) is 12.8. The number of pyridine rings is 1. The van der Waals surface area contributed by atoms with Gasteiger partial charge in [0.15, 0.2) is 0 Å². The normalized spacial score (nSPS) is 12.6. The van der Waals surface area contributed by atoms with Crippen LogP contribution in [0.5, 0.6) is 0 Å². The molecule has 2 aromatic rings. The van der Waals surface area contributed by atoms with Crippen LogP contribution >= 0.6 is 0 Å². The molecule has 96 valence electrons. The number of rotatable bonds is 5. The molecule has 0 aromatic carbocycles. The summed E-state index contributed by atoms with van der Waals surface area (Å²) in [6.45, 7) is 2.02. The third-order valence-electron chi connectivity index (χ3n) is 3.19. The lowest BCUT2D eigenvalue weighted by molar-refractivity contribution is 0.523. The molecule has 0 aliphatic carbocycles. The van der Waals surface area contributed by atoms with Crippen LogP contribution in [0.1, 0.15) is 29.7 Å². The largest absolute Gasteiger partial charge is 0.338 e. The lowest BCUT2D eigenvalue weighted by Gasteiger charge is -2.15. The number of aryl methyl sites for hydroxylation is 3. The lowest BCUT2D eigenvalue weighted by atomic mass is 10.1. The second-order valence-corrected chi connectivity index (χ2v) is 4.54. The van der Waals surface area contributed by atoms with E-state index in [-0.39, 0.29) is 6.04 Å². The van der Waals surface area contributed by atoms with E-state index in [4.69, 9.17) is 0 Å². The second kappa shape index (κ2) is 5.78. The Bertz CT molecular complexity index is 504. The molecule has 0 saturated carbocycles. The van der Waals surface area contributed by atoms with Crippen molar-refractivity contribution < 1.29 is 0 Å². The van der Waals surface area contributed by atoms with Crippen LogP contribution < -0.4 is 5.32 Å². The Morgan fingerprint density at radius 3 is 2.83 bits per heavy atom. The van der Waals surface area contributed by atoms with Crippen molar-refractivity contribution in [1.29, 1.82) is 0 Å². The maximum atomic E-state index is 4.58. The van der Waals surface area contributed by atoms with E-state index in [9.17, 15) is 0 Å². The molecule has 0 bridgehead atoms. The van der Waals surface area contributed by atoms with Crippen molar-refractivity contribution in [2.75, 3.05) is 7.05 Å². The Balaban J connectivity index is 2.04. The summed E-state index contributed by atoms with van der Waals surface area (Å²) in [5.41, 5.74) is 2.16. The van der Waals surface area contributed by atoms with E-state index in [0.717, 1.165) is 30.1 Å². The fourth-order valence-corrected chi connectivity index (χ4v) is 2.11. The molecule has 0 amide bonds. The van der Waals surface area contributed by atoms with Gasteiger partial charge in [-0.25, -0.2) is 4.98 Å². The standard InChI is InChI=1S/C14H20N4/c1-11-5-4-6-13(17-11)12(15-2)7-8-14-16-9-10-18(14)3/h4-6,9-10,12,15H,7-8H2,1-3H3. The average molecular weight is 244 g/mol. The lowest BCUT2D eigenvalue weighted by Crippen LogP contribution is -2.19. The number of aromatic nitrogens is 3. The maximum Gasteiger partial charge on any atom is 0.108 e. The van der Waals surface area contributed by atoms with Gasteiger partial charge in [-0.05, 0) is 32.5 Å². The number of imidazole rings is 1. The highest BCUT2D eigenvalue weighted by atomic mass is 15.0. The highest BCUT2D eigenvalue weighted by Crippen LogP contribution is 2.16. The highest BCUT2D eigenvalue weighted by molar-refractivity contribution is 5.13. The highest BCUT2D eigenvalue weighted by Gasteiger charge is 2.12. The Kier molecular flexibility index (Phi) is 4.10. The molecular formula is C14H20N4. The molecule has 4 heteroatoms. The molecule has 1 unspecified atom stereocenters. The zero-order valence-corrected chi connectivity index (χ0v) is 11.2. The Morgan fingerprint density at radius 1 is 1.39 bits per heavy atom. The molecule has 0 spiro atoms. The minimum Gasteiger partial charge on any atom is -0.338 e. The van der Waals surface area contributed by atoms with Crippen LogP contribution in [0.4, 0.5) is 0 Å². The summed E-state index contributed by atoms with van der Waals surface area (Å²) in [5, 5.41) is 3.33. The van der Waals surface area contributed by atoms with Gasteiger partial charge in [-0.3, -0.25) is 4.98 Å². The zero-order chi connectivity index (χ0) is 13.0. The molecule has 1 N–H and O–H groups in total. The quantitative estimate of drug-likeness (QED) is 0.875. The van der Waals surface area contributed by atoms with E-state index in [0.29, 0.717) is 0 Å². The zero-order valence-electron chi connectivity index (χ0n) is 11.2. The van der Waals surface area contributed by atoms with Gasteiger partial charge in [0, 0.05) is 37.6 Å². The predicted octanol–water partition coefficient (Wildman–Crippen LogP) is 2.02. The first-order valence-corrected chi connectivity index (χ1v) is 6.27. The third-order valence-corrected chi connectivity index (χ3v) is 3.19. The molecule has 1 atom stereocenters. The Labute approximate surface area is 108 Å². The average Bonchev–Trinajstić information content (AvgIpc) is 2.76. The summed E-state index contributed by atoms with van der Waals surface area (Å²) in [7, 11) is 4.01. The van der Waals surface area contributed by atoms with Crippen molar-refractivity contribution >= 4 is 0 Å². The van der Waals surface area contributed by atoms with Gasteiger partial charge in [0.05, 0.1) is 5.69 Å². The molecule has 0 aliphatic rings. The molecule has 2 aromatic heterocycles. The van der Waals surface area contributed by atoms with Crippen molar-refractivity contribution in [2.45, 2.75) is 25.8 Å². The summed E-state index contributed by atoms with van der Waals surface area (Å²) < 4.78 is 2.07. The molecule has 2 rings (SSSR count). The van der Waals surface area contributed by atoms with Crippen LogP contribution in [-0.4, -0.2) is 21.6 Å². The van der Waals surface area contributed by atoms with Crippen LogP contribution in [0.15, 0.2) is 30.6 Å². The minimum atomic E-state index is 0.279. The molecule has 0 radical (unpaired) electrons. The fourth-order valence-electron chi connectivity index (χ4n) is 2.11. The predicted molar refractivity (Wildman–Crippen MR) is 72.3 cm³/mol. The summed E-state index contributed by atoms with van der Waals surface area (Å²) in [6, 6.07) is 6.44. The second-order valence-electron chi connectivity index (χ2n) is 4.54. The van der Waals surface area contributed by atoms with Crippen molar-refractivity contribution in [3.63, 3.8) is 0 Å². The molecule has 0 saturated heterocycles. The number of nitrogens with one attached hydrogen (secondary N) is 1. The summed E-state index contributed by atoms with van der Waals surface area (Å²) in [5.74, 6) is 1.11. The summed E-state index contributed by atoms with van der Waals surface area (Å²) in [6.07, 6.45) is 5.77. The van der Waals surface area contributed by atoms with E-state index in [1.54, 1.807) is 0 Å². The van der Waals surface area contributed by atoms with E-state index in [1.165, 1.54) is 0 Å². The van der Waals surface area contributed by atoms with Crippen LogP contribution in [0.25, 0.3) is 0 Å². The van der Waals surface area contributed by atoms with Crippen LogP contribution in [0.2, 0.25) is 0 Å². The number of nitrogens with zero attached hydrogens (tertiary/aromatic N) is 3. The topological polar surface area (TPSA) is 42.7 Å². The summed E-state index contributed by atoms with van der Waals surface area (Å²) >= 11 is 0. The number of hydrogen-bond donors (Lipinski definition) is 1. The molecular weight excluding hydrogens is 224 g/mol. The van der Waals surface area contributed by atoms with Crippen molar-refractivity contribution in [2.24, 2.45) is 7.05 Å².